The molecule has 0 aromatic carbocycles. The molecule has 0 saturated carbocycles. The molecule has 0 N–H and O–H groups in total. The van der Waals surface area contributed by atoms with E-state index in [9.17, 15) is 0 Å². The van der Waals surface area contributed by atoms with Gasteiger partial charge in [0.25, 0.3) is 0 Å². The Hall–Kier alpha value is -0.0800. The van der Waals surface area contributed by atoms with E-state index in [2.05, 4.69) is 48.5 Å². The molecule has 0 amide bonds. The van der Waals surface area contributed by atoms with Crippen LogP contribution in [0.3, 0.4) is 0 Å². The van der Waals surface area contributed by atoms with Gasteiger partial charge in [-0.15, -0.1) is 0 Å². The van der Waals surface area contributed by atoms with Crippen LogP contribution in [0.4, 0.5) is 0 Å². The fourth-order valence-electron chi connectivity index (χ4n) is 4.98. The fraction of sp³-hybridized carbons (Fsp3) is 1.00. The van der Waals surface area contributed by atoms with E-state index >= 15 is 0 Å². The van der Waals surface area contributed by atoms with Crippen LogP contribution in [0.1, 0.15) is 132 Å². The Kier molecular flexibility index (Phi) is 10.2. The van der Waals surface area contributed by atoms with Crippen molar-refractivity contribution >= 4 is 0 Å². The Morgan fingerprint density at radius 2 is 1.00 bits per heavy atom. The summed E-state index contributed by atoms with van der Waals surface area (Å²) in [4.78, 5) is 11.4. The molecule has 1 atom stereocenters. The first-order valence-corrected chi connectivity index (χ1v) is 11.5. The van der Waals surface area contributed by atoms with Gasteiger partial charge in [-0.2, -0.15) is 0 Å². The van der Waals surface area contributed by atoms with E-state index in [1.165, 1.54) is 77.0 Å². The molecule has 2 heteroatoms. The van der Waals surface area contributed by atoms with Gasteiger partial charge in [-0.25, -0.2) is 9.78 Å². The average molecular weight is 369 g/mol. The predicted octanol–water partition coefficient (Wildman–Crippen LogP) is 8.24. The molecule has 0 aliphatic carbocycles. The van der Waals surface area contributed by atoms with Gasteiger partial charge >= 0.3 is 0 Å². The van der Waals surface area contributed by atoms with Crippen LogP contribution in [0.2, 0.25) is 0 Å². The molecule has 156 valence electrons. The molecule has 0 aromatic heterocycles. The summed E-state index contributed by atoms with van der Waals surface area (Å²) in [6.07, 6.45) is 18.1. The molecule has 0 radical (unpaired) electrons. The molecule has 1 saturated heterocycles. The lowest BCUT2D eigenvalue weighted by Gasteiger charge is -2.61. The molecule has 1 fully saturated rings. The largest absolute Gasteiger partial charge is 0.229 e. The monoisotopic (exact) mass is 368 g/mol. The lowest BCUT2D eigenvalue weighted by molar-refractivity contribution is -0.552. The van der Waals surface area contributed by atoms with Crippen LogP contribution in [0.15, 0.2) is 0 Å². The van der Waals surface area contributed by atoms with E-state index in [0.717, 1.165) is 6.42 Å². The smallest absolute Gasteiger partial charge is 0.142 e. The normalized spacial score (nSPS) is 20.2. The van der Waals surface area contributed by atoms with Crippen LogP contribution in [-0.2, 0) is 9.78 Å². The first kappa shape index (κ1) is 24.0. The van der Waals surface area contributed by atoms with Gasteiger partial charge < -0.3 is 0 Å². The molecule has 0 spiro atoms. The second kappa shape index (κ2) is 11.1. The van der Waals surface area contributed by atoms with E-state index in [1.54, 1.807) is 0 Å². The molecular formula is C24H48O2. The lowest BCUT2D eigenvalue weighted by atomic mass is 9.58. The van der Waals surface area contributed by atoms with Gasteiger partial charge in [-0.05, 0) is 17.3 Å². The van der Waals surface area contributed by atoms with Crippen LogP contribution in [-0.4, -0.2) is 11.7 Å². The number of hydrogen-bond donors (Lipinski definition) is 0. The maximum Gasteiger partial charge on any atom is 0.142 e. The average Bonchev–Trinajstić information content (AvgIpc) is 2.48. The van der Waals surface area contributed by atoms with Crippen molar-refractivity contribution in [2.24, 2.45) is 10.8 Å². The highest BCUT2D eigenvalue weighted by Crippen LogP contribution is 2.56. The molecule has 1 aliphatic heterocycles. The molecule has 1 heterocycles. The highest BCUT2D eigenvalue weighted by molar-refractivity contribution is 5.08. The summed E-state index contributed by atoms with van der Waals surface area (Å²) in [7, 11) is 0. The van der Waals surface area contributed by atoms with Crippen LogP contribution in [0, 0.1) is 10.8 Å². The summed E-state index contributed by atoms with van der Waals surface area (Å²) in [6.45, 7) is 16.0. The maximum atomic E-state index is 5.82. The quantitative estimate of drug-likeness (QED) is 0.241. The van der Waals surface area contributed by atoms with Crippen molar-refractivity contribution in [3.05, 3.63) is 0 Å². The molecule has 26 heavy (non-hydrogen) atoms. The zero-order valence-corrected chi connectivity index (χ0v) is 19.1. The van der Waals surface area contributed by atoms with Gasteiger partial charge in [-0.3, -0.25) is 0 Å². The van der Waals surface area contributed by atoms with Crippen molar-refractivity contribution in [3.63, 3.8) is 0 Å². The summed E-state index contributed by atoms with van der Waals surface area (Å²) in [5.41, 5.74) is 0.00830. The molecule has 0 bridgehead atoms. The number of rotatable bonds is 13. The summed E-state index contributed by atoms with van der Waals surface area (Å²) in [5.74, 6) is 0. The SMILES string of the molecule is CCCCCCCCCCCCCCC1OOC1(C(C)(C)C)C(C)(C)C. The maximum absolute atomic E-state index is 5.82. The molecule has 1 aliphatic rings. The zero-order valence-electron chi connectivity index (χ0n) is 19.1. The van der Waals surface area contributed by atoms with E-state index in [4.69, 9.17) is 9.78 Å². The van der Waals surface area contributed by atoms with Crippen LogP contribution in [0.25, 0.3) is 0 Å². The van der Waals surface area contributed by atoms with Crippen molar-refractivity contribution in [2.45, 2.75) is 144 Å². The Morgan fingerprint density at radius 3 is 1.31 bits per heavy atom. The third-order valence-corrected chi connectivity index (χ3v) is 6.30. The number of unbranched alkanes of at least 4 members (excludes halogenated alkanes) is 11. The van der Waals surface area contributed by atoms with Crippen molar-refractivity contribution in [3.8, 4) is 0 Å². The zero-order chi connectivity index (χ0) is 19.7. The van der Waals surface area contributed by atoms with Crippen LogP contribution >= 0.6 is 0 Å². The second-order valence-corrected chi connectivity index (χ2v) is 10.6. The number of hydrogen-bond acceptors (Lipinski definition) is 2. The van der Waals surface area contributed by atoms with Gasteiger partial charge in [-0.1, -0.05) is 126 Å². The molecule has 0 aromatic rings. The van der Waals surface area contributed by atoms with Gasteiger partial charge in [0.05, 0.1) is 0 Å². The van der Waals surface area contributed by atoms with Gasteiger partial charge in [0.2, 0.25) is 0 Å². The van der Waals surface area contributed by atoms with Gasteiger partial charge in [0.1, 0.15) is 11.7 Å². The van der Waals surface area contributed by atoms with Crippen LogP contribution < -0.4 is 0 Å². The first-order chi connectivity index (χ1) is 12.2. The standard InChI is InChI=1S/C24H48O2/c1-8-9-10-11-12-13-14-15-16-17-18-19-20-21-24(26-25-21,22(2,3)4)23(5,6)7/h21H,8-20H2,1-7H3. The Labute approximate surface area is 164 Å². The minimum atomic E-state index is -0.169. The summed E-state index contributed by atoms with van der Waals surface area (Å²) in [5, 5.41) is 0. The first-order valence-electron chi connectivity index (χ1n) is 11.5. The Morgan fingerprint density at radius 1 is 0.615 bits per heavy atom. The topological polar surface area (TPSA) is 18.5 Å². The van der Waals surface area contributed by atoms with E-state index in [0.29, 0.717) is 0 Å². The van der Waals surface area contributed by atoms with Crippen molar-refractivity contribution in [1.29, 1.82) is 0 Å². The highest BCUT2D eigenvalue weighted by atomic mass is 17.3. The Bertz CT molecular complexity index is 347. The second-order valence-electron chi connectivity index (χ2n) is 10.6. The summed E-state index contributed by atoms with van der Waals surface area (Å²) in [6, 6.07) is 0. The predicted molar refractivity (Wildman–Crippen MR) is 113 cm³/mol. The Balaban J connectivity index is 2.11. The molecule has 1 rings (SSSR count). The molecule has 1 unspecified atom stereocenters. The highest BCUT2D eigenvalue weighted by Gasteiger charge is 2.64. The molecular weight excluding hydrogens is 320 g/mol. The van der Waals surface area contributed by atoms with E-state index in [-0.39, 0.29) is 22.5 Å². The fourth-order valence-corrected chi connectivity index (χ4v) is 4.98. The van der Waals surface area contributed by atoms with E-state index < -0.39 is 0 Å². The van der Waals surface area contributed by atoms with Crippen molar-refractivity contribution in [1.82, 2.24) is 0 Å². The third-order valence-electron chi connectivity index (χ3n) is 6.30. The minimum Gasteiger partial charge on any atom is -0.229 e. The van der Waals surface area contributed by atoms with Crippen LogP contribution in [0.5, 0.6) is 0 Å². The minimum absolute atomic E-state index is 0.0886. The van der Waals surface area contributed by atoms with Crippen molar-refractivity contribution < 1.29 is 9.78 Å². The van der Waals surface area contributed by atoms with Gasteiger partial charge in [0.15, 0.2) is 0 Å². The third kappa shape index (κ3) is 6.51. The summed E-state index contributed by atoms with van der Waals surface area (Å²) < 4.78 is 0. The van der Waals surface area contributed by atoms with Crippen molar-refractivity contribution in [2.75, 3.05) is 0 Å². The van der Waals surface area contributed by atoms with E-state index in [1.807, 2.05) is 0 Å². The summed E-state index contributed by atoms with van der Waals surface area (Å²) >= 11 is 0. The molecule has 2 nitrogen and oxygen atoms in total. The van der Waals surface area contributed by atoms with Gasteiger partial charge in [0, 0.05) is 0 Å². The lowest BCUT2D eigenvalue weighted by Crippen LogP contribution is -2.70.